The molecule has 0 spiro atoms. The number of nitrogens with two attached hydrogens (primary N) is 1. The molecule has 3 rings (SSSR count). The molecule has 0 radical (unpaired) electrons. The zero-order valence-electron chi connectivity index (χ0n) is 13.0. The molecule has 2 fully saturated rings. The standard InChI is InChI=1S/C17H24N2O2.ClH/c1-2-21-16(12-6-4-3-5-7-12)17(20)19-10-13-8-9-15(18)14(13)11-19;/h3-7,13-16H,2,8-11,18H2,1H3;1H. The molecule has 1 saturated carbocycles. The highest BCUT2D eigenvalue weighted by atomic mass is 35.5. The molecule has 1 aliphatic carbocycles. The molecule has 2 N–H and O–H groups in total. The molecule has 0 bridgehead atoms. The lowest BCUT2D eigenvalue weighted by Crippen LogP contribution is -2.37. The maximum absolute atomic E-state index is 12.8. The molecule has 122 valence electrons. The van der Waals surface area contributed by atoms with Gasteiger partial charge in [0.2, 0.25) is 0 Å². The fourth-order valence-corrected chi connectivity index (χ4v) is 3.76. The monoisotopic (exact) mass is 324 g/mol. The lowest BCUT2D eigenvalue weighted by atomic mass is 9.98. The van der Waals surface area contributed by atoms with Gasteiger partial charge in [0.15, 0.2) is 6.10 Å². The normalized spacial score (nSPS) is 28.1. The van der Waals surface area contributed by atoms with Crippen LogP contribution in [0.5, 0.6) is 0 Å². The van der Waals surface area contributed by atoms with Gasteiger partial charge in [-0.05, 0) is 37.2 Å². The van der Waals surface area contributed by atoms with E-state index in [0.29, 0.717) is 18.4 Å². The van der Waals surface area contributed by atoms with Gasteiger partial charge >= 0.3 is 0 Å². The zero-order chi connectivity index (χ0) is 14.8. The molecule has 5 heteroatoms. The van der Waals surface area contributed by atoms with Gasteiger partial charge in [0.1, 0.15) is 0 Å². The number of rotatable bonds is 4. The van der Waals surface area contributed by atoms with Crippen molar-refractivity contribution in [1.29, 1.82) is 0 Å². The number of carbonyl (C=O) groups excluding carboxylic acids is 1. The molecular formula is C17H25ClN2O2. The molecule has 1 saturated heterocycles. The van der Waals surface area contributed by atoms with Gasteiger partial charge in [-0.15, -0.1) is 12.4 Å². The number of hydrogen-bond donors (Lipinski definition) is 1. The van der Waals surface area contributed by atoms with Crippen LogP contribution in [-0.2, 0) is 9.53 Å². The SMILES string of the molecule is CCOC(C(=O)N1CC2CCC(N)C2C1)c1ccccc1.Cl. The van der Waals surface area contributed by atoms with E-state index in [-0.39, 0.29) is 24.4 Å². The summed E-state index contributed by atoms with van der Waals surface area (Å²) in [5, 5.41) is 0. The van der Waals surface area contributed by atoms with E-state index >= 15 is 0 Å². The first-order chi connectivity index (χ1) is 10.2. The highest BCUT2D eigenvalue weighted by Crippen LogP contribution is 2.38. The number of likely N-dealkylation sites (tertiary alicyclic amines) is 1. The molecule has 1 aromatic rings. The summed E-state index contributed by atoms with van der Waals surface area (Å²) >= 11 is 0. The van der Waals surface area contributed by atoms with E-state index in [1.165, 1.54) is 0 Å². The molecule has 0 aromatic heterocycles. The van der Waals surface area contributed by atoms with E-state index < -0.39 is 6.10 Å². The van der Waals surface area contributed by atoms with Crippen LogP contribution in [-0.4, -0.2) is 36.5 Å². The maximum Gasteiger partial charge on any atom is 0.256 e. The first kappa shape index (κ1) is 17.3. The fraction of sp³-hybridized carbons (Fsp3) is 0.588. The summed E-state index contributed by atoms with van der Waals surface area (Å²) in [5.41, 5.74) is 7.09. The van der Waals surface area contributed by atoms with E-state index in [9.17, 15) is 4.79 Å². The molecular weight excluding hydrogens is 300 g/mol. The van der Waals surface area contributed by atoms with Gasteiger partial charge in [0.05, 0.1) is 0 Å². The van der Waals surface area contributed by atoms with E-state index in [1.807, 2.05) is 42.2 Å². The third-order valence-electron chi connectivity index (χ3n) is 4.88. The number of halogens is 1. The first-order valence-electron chi connectivity index (χ1n) is 7.91. The van der Waals surface area contributed by atoms with Crippen molar-refractivity contribution in [1.82, 2.24) is 4.90 Å². The maximum atomic E-state index is 12.8. The number of carbonyl (C=O) groups is 1. The van der Waals surface area contributed by atoms with E-state index in [0.717, 1.165) is 31.5 Å². The van der Waals surface area contributed by atoms with Crippen LogP contribution in [0.2, 0.25) is 0 Å². The van der Waals surface area contributed by atoms with Gasteiger partial charge in [-0.1, -0.05) is 30.3 Å². The average Bonchev–Trinajstić information content (AvgIpc) is 3.08. The number of hydrogen-bond acceptors (Lipinski definition) is 3. The summed E-state index contributed by atoms with van der Waals surface area (Å²) in [4.78, 5) is 14.8. The molecule has 4 nitrogen and oxygen atoms in total. The molecule has 22 heavy (non-hydrogen) atoms. The van der Waals surface area contributed by atoms with Gasteiger partial charge in [-0.25, -0.2) is 0 Å². The Morgan fingerprint density at radius 1 is 1.32 bits per heavy atom. The molecule has 4 atom stereocenters. The van der Waals surface area contributed by atoms with Crippen molar-refractivity contribution >= 4 is 18.3 Å². The van der Waals surface area contributed by atoms with Crippen molar-refractivity contribution in [2.75, 3.05) is 19.7 Å². The molecule has 1 aromatic carbocycles. The van der Waals surface area contributed by atoms with Gasteiger partial charge in [-0.3, -0.25) is 4.79 Å². The Balaban J connectivity index is 0.00000176. The summed E-state index contributed by atoms with van der Waals surface area (Å²) in [6, 6.07) is 10.0. The van der Waals surface area contributed by atoms with Crippen LogP contribution < -0.4 is 5.73 Å². The number of ether oxygens (including phenoxy) is 1. The molecule has 2 aliphatic rings. The largest absolute Gasteiger partial charge is 0.364 e. The quantitative estimate of drug-likeness (QED) is 0.925. The molecule has 4 unspecified atom stereocenters. The van der Waals surface area contributed by atoms with Crippen LogP contribution in [0, 0.1) is 11.8 Å². The Labute approximate surface area is 138 Å². The second-order valence-corrected chi connectivity index (χ2v) is 6.15. The number of amides is 1. The zero-order valence-corrected chi connectivity index (χ0v) is 13.8. The summed E-state index contributed by atoms with van der Waals surface area (Å²) in [7, 11) is 0. The second-order valence-electron chi connectivity index (χ2n) is 6.15. The van der Waals surface area contributed by atoms with E-state index in [2.05, 4.69) is 0 Å². The van der Waals surface area contributed by atoms with E-state index in [1.54, 1.807) is 0 Å². The van der Waals surface area contributed by atoms with Crippen molar-refractivity contribution in [3.8, 4) is 0 Å². The number of benzene rings is 1. The van der Waals surface area contributed by atoms with Crippen molar-refractivity contribution < 1.29 is 9.53 Å². The van der Waals surface area contributed by atoms with Crippen molar-refractivity contribution in [3.63, 3.8) is 0 Å². The van der Waals surface area contributed by atoms with Gasteiger partial charge in [-0.2, -0.15) is 0 Å². The Morgan fingerprint density at radius 2 is 2.05 bits per heavy atom. The molecule has 1 aliphatic heterocycles. The molecule has 1 amide bonds. The number of nitrogens with zero attached hydrogens (tertiary/aromatic N) is 1. The fourth-order valence-electron chi connectivity index (χ4n) is 3.76. The summed E-state index contributed by atoms with van der Waals surface area (Å²) < 4.78 is 5.73. The third-order valence-corrected chi connectivity index (χ3v) is 4.88. The van der Waals surface area contributed by atoms with Crippen LogP contribution in [0.25, 0.3) is 0 Å². The van der Waals surface area contributed by atoms with Crippen LogP contribution in [0.15, 0.2) is 30.3 Å². The molecule has 1 heterocycles. The summed E-state index contributed by atoms with van der Waals surface area (Å²) in [6.45, 7) is 4.10. The van der Waals surface area contributed by atoms with Gasteiger partial charge in [0.25, 0.3) is 5.91 Å². The lowest BCUT2D eigenvalue weighted by Gasteiger charge is -2.25. The van der Waals surface area contributed by atoms with Crippen molar-refractivity contribution in [2.45, 2.75) is 31.9 Å². The van der Waals surface area contributed by atoms with E-state index in [4.69, 9.17) is 10.5 Å². The smallest absolute Gasteiger partial charge is 0.256 e. The van der Waals surface area contributed by atoms with Crippen LogP contribution in [0.3, 0.4) is 0 Å². The second kappa shape index (κ2) is 7.44. The Hall–Kier alpha value is -1.10. The van der Waals surface area contributed by atoms with Crippen LogP contribution in [0.4, 0.5) is 0 Å². The van der Waals surface area contributed by atoms with Crippen LogP contribution >= 0.6 is 12.4 Å². The van der Waals surface area contributed by atoms with Crippen LogP contribution in [0.1, 0.15) is 31.4 Å². The average molecular weight is 325 g/mol. The highest BCUT2D eigenvalue weighted by Gasteiger charge is 2.43. The van der Waals surface area contributed by atoms with Gasteiger partial charge in [0, 0.05) is 25.7 Å². The first-order valence-corrected chi connectivity index (χ1v) is 7.91. The Bertz CT molecular complexity index is 497. The topological polar surface area (TPSA) is 55.6 Å². The summed E-state index contributed by atoms with van der Waals surface area (Å²) in [5.74, 6) is 1.15. The minimum Gasteiger partial charge on any atom is -0.364 e. The summed E-state index contributed by atoms with van der Waals surface area (Å²) in [6.07, 6.45) is 1.77. The minimum atomic E-state index is -0.480. The van der Waals surface area contributed by atoms with Crippen molar-refractivity contribution in [3.05, 3.63) is 35.9 Å². The predicted octanol–water partition coefficient (Wildman–Crippen LogP) is 2.38. The lowest BCUT2D eigenvalue weighted by molar-refractivity contribution is -0.143. The minimum absolute atomic E-state index is 0. The number of fused-ring (bicyclic) bond motifs is 1. The Kier molecular flexibility index (Phi) is 5.84. The third kappa shape index (κ3) is 3.29. The predicted molar refractivity (Wildman–Crippen MR) is 88.8 cm³/mol. The highest BCUT2D eigenvalue weighted by molar-refractivity contribution is 5.85. The van der Waals surface area contributed by atoms with Crippen molar-refractivity contribution in [2.24, 2.45) is 17.6 Å². The Morgan fingerprint density at radius 3 is 2.68 bits per heavy atom. The van der Waals surface area contributed by atoms with Gasteiger partial charge < -0.3 is 15.4 Å².